The highest BCUT2D eigenvalue weighted by molar-refractivity contribution is 5.96. The van der Waals surface area contributed by atoms with E-state index in [1.54, 1.807) is 48.1 Å². The Morgan fingerprint density at radius 2 is 1.97 bits per heavy atom. The number of rotatable bonds is 6. The molecular formula is C20H16FN5O4. The standard InChI is InChI=1S/C20H16FN5O4/c1-13-10-17(24-30-13)23-18(27)12-29-20(28)14-11-22-26(16-7-3-2-6-15(16)21)19(14)25-8-4-5-9-25/h2-11H,12H2,1H3,(H,23,24,27). The van der Waals surface area contributed by atoms with Gasteiger partial charge in [0, 0.05) is 18.5 Å². The molecule has 0 aliphatic heterocycles. The number of hydrogen-bond acceptors (Lipinski definition) is 6. The molecule has 9 nitrogen and oxygen atoms in total. The average molecular weight is 409 g/mol. The molecule has 3 aromatic heterocycles. The van der Waals surface area contributed by atoms with Gasteiger partial charge in [-0.3, -0.25) is 4.79 Å². The van der Waals surface area contributed by atoms with E-state index in [0.717, 1.165) is 0 Å². The fraction of sp³-hybridized carbons (Fsp3) is 0.100. The van der Waals surface area contributed by atoms with Crippen molar-refractivity contribution in [1.29, 1.82) is 0 Å². The second-order valence-electron chi connectivity index (χ2n) is 6.28. The Morgan fingerprint density at radius 1 is 1.20 bits per heavy atom. The number of aromatic nitrogens is 4. The number of hydrogen-bond donors (Lipinski definition) is 1. The number of nitrogens with zero attached hydrogens (tertiary/aromatic N) is 4. The predicted octanol–water partition coefficient (Wildman–Crippen LogP) is 2.89. The Bertz CT molecular complexity index is 1200. The van der Waals surface area contributed by atoms with E-state index in [4.69, 9.17) is 9.26 Å². The summed E-state index contributed by atoms with van der Waals surface area (Å²) in [6.45, 7) is 1.14. The minimum absolute atomic E-state index is 0.0690. The van der Waals surface area contributed by atoms with Gasteiger partial charge in [0.05, 0.1) is 6.20 Å². The molecule has 30 heavy (non-hydrogen) atoms. The zero-order chi connectivity index (χ0) is 21.1. The highest BCUT2D eigenvalue weighted by Gasteiger charge is 2.23. The first-order valence-electron chi connectivity index (χ1n) is 8.89. The number of para-hydroxylation sites is 1. The molecule has 0 bridgehead atoms. The van der Waals surface area contributed by atoms with Crippen molar-refractivity contribution in [2.45, 2.75) is 6.92 Å². The normalized spacial score (nSPS) is 10.7. The minimum atomic E-state index is -0.784. The van der Waals surface area contributed by atoms with Gasteiger partial charge in [-0.05, 0) is 31.2 Å². The zero-order valence-electron chi connectivity index (χ0n) is 15.8. The Labute approximate surface area is 169 Å². The molecule has 0 atom stereocenters. The van der Waals surface area contributed by atoms with Crippen molar-refractivity contribution >= 4 is 17.7 Å². The summed E-state index contributed by atoms with van der Waals surface area (Å²) in [5.74, 6) is -0.847. The fourth-order valence-electron chi connectivity index (χ4n) is 2.82. The Morgan fingerprint density at radius 3 is 2.67 bits per heavy atom. The molecule has 0 fully saturated rings. The van der Waals surface area contributed by atoms with Gasteiger partial charge in [-0.25, -0.2) is 13.9 Å². The molecular weight excluding hydrogens is 393 g/mol. The number of nitrogens with one attached hydrogen (secondary N) is 1. The molecule has 152 valence electrons. The van der Waals surface area contributed by atoms with Crippen LogP contribution in [0.3, 0.4) is 0 Å². The molecule has 10 heteroatoms. The Balaban J connectivity index is 1.57. The van der Waals surface area contributed by atoms with Crippen molar-refractivity contribution in [1.82, 2.24) is 19.5 Å². The van der Waals surface area contributed by atoms with Crippen molar-refractivity contribution in [3.05, 3.63) is 78.2 Å². The van der Waals surface area contributed by atoms with Gasteiger partial charge in [-0.2, -0.15) is 5.10 Å². The number of esters is 1. The first kappa shape index (κ1) is 19.1. The SMILES string of the molecule is Cc1cc(NC(=O)COC(=O)c2cnn(-c3ccccc3F)c2-n2cccc2)no1. The van der Waals surface area contributed by atoms with Crippen LogP contribution in [0.1, 0.15) is 16.1 Å². The van der Waals surface area contributed by atoms with Gasteiger partial charge in [0.1, 0.15) is 22.8 Å². The van der Waals surface area contributed by atoms with E-state index in [9.17, 15) is 14.0 Å². The third kappa shape index (κ3) is 3.83. The molecule has 0 saturated heterocycles. The summed E-state index contributed by atoms with van der Waals surface area (Å²) >= 11 is 0. The molecule has 0 saturated carbocycles. The number of anilines is 1. The number of aryl methyl sites for hydroxylation is 1. The van der Waals surface area contributed by atoms with E-state index in [1.165, 1.54) is 29.1 Å². The van der Waals surface area contributed by atoms with Crippen molar-refractivity contribution in [2.75, 3.05) is 11.9 Å². The molecule has 1 aromatic carbocycles. The van der Waals surface area contributed by atoms with E-state index in [-0.39, 0.29) is 22.9 Å². The van der Waals surface area contributed by atoms with Crippen LogP contribution in [0, 0.1) is 12.7 Å². The van der Waals surface area contributed by atoms with E-state index in [0.29, 0.717) is 5.76 Å². The lowest BCUT2D eigenvalue weighted by Gasteiger charge is -2.11. The zero-order valence-corrected chi connectivity index (χ0v) is 15.8. The van der Waals surface area contributed by atoms with Gasteiger partial charge in [0.25, 0.3) is 5.91 Å². The van der Waals surface area contributed by atoms with Crippen LogP contribution >= 0.6 is 0 Å². The predicted molar refractivity (Wildman–Crippen MR) is 103 cm³/mol. The number of halogens is 1. The molecule has 0 radical (unpaired) electrons. The van der Waals surface area contributed by atoms with Gasteiger partial charge >= 0.3 is 5.97 Å². The van der Waals surface area contributed by atoms with E-state index in [2.05, 4.69) is 15.6 Å². The molecule has 1 N–H and O–H groups in total. The quantitative estimate of drug-likeness (QED) is 0.491. The summed E-state index contributed by atoms with van der Waals surface area (Å²) < 4.78 is 27.2. The van der Waals surface area contributed by atoms with Crippen molar-refractivity contribution in [3.63, 3.8) is 0 Å². The number of carbonyl (C=O) groups is 2. The molecule has 0 spiro atoms. The average Bonchev–Trinajstić information content (AvgIpc) is 3.47. The molecule has 4 aromatic rings. The molecule has 0 aliphatic rings. The van der Waals surface area contributed by atoms with Crippen LogP contribution in [-0.2, 0) is 9.53 Å². The third-order valence-corrected chi connectivity index (χ3v) is 4.12. The van der Waals surface area contributed by atoms with Crippen LogP contribution in [-0.4, -0.2) is 38.0 Å². The van der Waals surface area contributed by atoms with Crippen LogP contribution in [0.2, 0.25) is 0 Å². The Kier molecular flexibility index (Phi) is 5.12. The van der Waals surface area contributed by atoms with Crippen LogP contribution in [0.15, 0.2) is 65.6 Å². The summed E-state index contributed by atoms with van der Waals surface area (Å²) in [4.78, 5) is 24.7. The maximum absolute atomic E-state index is 14.3. The maximum atomic E-state index is 14.3. The first-order chi connectivity index (χ1) is 14.5. The summed E-state index contributed by atoms with van der Waals surface area (Å²) in [7, 11) is 0. The van der Waals surface area contributed by atoms with Crippen LogP contribution in [0.5, 0.6) is 0 Å². The van der Waals surface area contributed by atoms with Crippen molar-refractivity contribution in [3.8, 4) is 11.5 Å². The topological polar surface area (TPSA) is 104 Å². The van der Waals surface area contributed by atoms with E-state index >= 15 is 0 Å². The molecule has 1 amide bonds. The summed E-state index contributed by atoms with van der Waals surface area (Å²) in [6, 6.07) is 11.1. The van der Waals surface area contributed by atoms with E-state index in [1.807, 2.05) is 0 Å². The van der Waals surface area contributed by atoms with E-state index < -0.39 is 24.3 Å². The summed E-state index contributed by atoms with van der Waals surface area (Å²) in [5, 5.41) is 10.2. The second kappa shape index (κ2) is 8.03. The number of carbonyl (C=O) groups excluding carboxylic acids is 2. The number of ether oxygens (including phenoxy) is 1. The second-order valence-corrected chi connectivity index (χ2v) is 6.28. The number of amides is 1. The van der Waals surface area contributed by atoms with Gasteiger partial charge in [0.15, 0.2) is 18.2 Å². The lowest BCUT2D eigenvalue weighted by molar-refractivity contribution is -0.119. The molecule has 4 rings (SSSR count). The van der Waals surface area contributed by atoms with Crippen molar-refractivity contribution < 1.29 is 23.2 Å². The van der Waals surface area contributed by atoms with Crippen LogP contribution < -0.4 is 5.32 Å². The molecule has 0 unspecified atom stereocenters. The lowest BCUT2D eigenvalue weighted by Crippen LogP contribution is -2.21. The van der Waals surface area contributed by atoms with Crippen LogP contribution in [0.25, 0.3) is 11.5 Å². The minimum Gasteiger partial charge on any atom is -0.452 e. The van der Waals surface area contributed by atoms with Gasteiger partial charge in [-0.1, -0.05) is 17.3 Å². The number of benzene rings is 1. The smallest absolute Gasteiger partial charge is 0.344 e. The highest BCUT2D eigenvalue weighted by Crippen LogP contribution is 2.22. The largest absolute Gasteiger partial charge is 0.452 e. The van der Waals surface area contributed by atoms with Crippen molar-refractivity contribution in [2.24, 2.45) is 0 Å². The summed E-state index contributed by atoms with van der Waals surface area (Å²) in [5.41, 5.74) is 0.235. The highest BCUT2D eigenvalue weighted by atomic mass is 19.1. The third-order valence-electron chi connectivity index (χ3n) is 4.12. The van der Waals surface area contributed by atoms with Gasteiger partial charge in [-0.15, -0.1) is 0 Å². The van der Waals surface area contributed by atoms with Gasteiger partial charge < -0.3 is 19.1 Å². The summed E-state index contributed by atoms with van der Waals surface area (Å²) in [6.07, 6.45) is 4.64. The molecule has 0 aliphatic carbocycles. The van der Waals surface area contributed by atoms with Gasteiger partial charge in [0.2, 0.25) is 0 Å². The van der Waals surface area contributed by atoms with Crippen LogP contribution in [0.4, 0.5) is 10.2 Å². The Hall–Kier alpha value is -4.21. The lowest BCUT2D eigenvalue weighted by atomic mass is 10.3. The maximum Gasteiger partial charge on any atom is 0.344 e. The first-order valence-corrected chi connectivity index (χ1v) is 8.89. The molecule has 3 heterocycles. The monoisotopic (exact) mass is 409 g/mol. The fourth-order valence-corrected chi connectivity index (χ4v) is 2.82.